The summed E-state index contributed by atoms with van der Waals surface area (Å²) in [4.78, 5) is 0. The van der Waals surface area contributed by atoms with Gasteiger partial charge in [0.1, 0.15) is 12.1 Å². The lowest BCUT2D eigenvalue weighted by atomic mass is 9.73. The molecule has 0 aromatic heterocycles. The Bertz CT molecular complexity index is 795. The molecule has 0 spiro atoms. The summed E-state index contributed by atoms with van der Waals surface area (Å²) in [5, 5.41) is 20.1. The summed E-state index contributed by atoms with van der Waals surface area (Å²) in [6, 6.07) is 9.38. The second kappa shape index (κ2) is 13.8. The molecule has 2 fully saturated rings. The van der Waals surface area contributed by atoms with E-state index in [-0.39, 0.29) is 0 Å². The van der Waals surface area contributed by atoms with Crippen LogP contribution in [0.2, 0.25) is 0 Å². The fourth-order valence-corrected chi connectivity index (χ4v) is 6.70. The molecule has 0 unspecified atom stereocenters. The number of nitrogens with zero attached hydrogens (tertiary/aromatic N) is 2. The Hall–Kier alpha value is -1.80. The van der Waals surface area contributed by atoms with E-state index in [0.29, 0.717) is 23.0 Å². The fraction of sp³-hybridized carbons (Fsp3) is 0.742. The van der Waals surface area contributed by atoms with E-state index in [4.69, 9.17) is 0 Å². The normalized spacial score (nSPS) is 25.3. The third-order valence-electron chi connectivity index (χ3n) is 8.73. The lowest BCUT2D eigenvalue weighted by Crippen LogP contribution is -2.17. The van der Waals surface area contributed by atoms with Crippen LogP contribution in [0, 0.1) is 34.5 Å². The standard InChI is InChI=1S/C31H46N2/c1-3-5-6-7-8-9-11-25-14-18-27(19-15-25)29-21-20-28(30(22-32)31(29)23-33)26-16-12-24(10-4-2)13-17-26/h20-21,24-27H,3-19H2,1-2H3/t24-,25-,26-,27-. The number of nitriles is 2. The molecule has 2 nitrogen and oxygen atoms in total. The van der Waals surface area contributed by atoms with E-state index in [1.165, 1.54) is 109 Å². The molecule has 180 valence electrons. The predicted octanol–water partition coefficient (Wildman–Crippen LogP) is 9.53. The molecule has 0 radical (unpaired) electrons. The molecule has 2 aliphatic carbocycles. The molecule has 0 N–H and O–H groups in total. The number of benzene rings is 1. The van der Waals surface area contributed by atoms with Crippen LogP contribution in [-0.2, 0) is 0 Å². The van der Waals surface area contributed by atoms with Gasteiger partial charge in [-0.05, 0) is 86.2 Å². The van der Waals surface area contributed by atoms with Crippen LogP contribution in [0.1, 0.15) is 157 Å². The summed E-state index contributed by atoms with van der Waals surface area (Å²) < 4.78 is 0. The Balaban J connectivity index is 1.58. The molecular formula is C31H46N2. The van der Waals surface area contributed by atoms with Gasteiger partial charge in [-0.25, -0.2) is 0 Å². The lowest BCUT2D eigenvalue weighted by molar-refractivity contribution is 0.301. The van der Waals surface area contributed by atoms with Gasteiger partial charge in [0.15, 0.2) is 0 Å². The second-order valence-electron chi connectivity index (χ2n) is 11.0. The minimum Gasteiger partial charge on any atom is -0.192 e. The van der Waals surface area contributed by atoms with Crippen LogP contribution in [-0.4, -0.2) is 0 Å². The molecule has 0 aliphatic heterocycles. The van der Waals surface area contributed by atoms with E-state index >= 15 is 0 Å². The first-order chi connectivity index (χ1) is 16.2. The van der Waals surface area contributed by atoms with Gasteiger partial charge < -0.3 is 0 Å². The van der Waals surface area contributed by atoms with Crippen LogP contribution < -0.4 is 0 Å². The zero-order valence-electron chi connectivity index (χ0n) is 21.4. The van der Waals surface area contributed by atoms with Crippen molar-refractivity contribution in [1.29, 1.82) is 10.5 Å². The Morgan fingerprint density at radius 1 is 0.606 bits per heavy atom. The third kappa shape index (κ3) is 7.09. The molecular weight excluding hydrogens is 400 g/mol. The molecule has 0 heterocycles. The number of unbranched alkanes of at least 4 members (excludes halogenated alkanes) is 5. The summed E-state index contributed by atoms with van der Waals surface area (Å²) in [5.41, 5.74) is 3.72. The molecule has 0 amide bonds. The summed E-state index contributed by atoms with van der Waals surface area (Å²) in [5.74, 6) is 2.65. The van der Waals surface area contributed by atoms with Crippen molar-refractivity contribution in [2.75, 3.05) is 0 Å². The third-order valence-corrected chi connectivity index (χ3v) is 8.73. The highest BCUT2D eigenvalue weighted by Crippen LogP contribution is 2.43. The van der Waals surface area contributed by atoms with Crippen LogP contribution >= 0.6 is 0 Å². The SMILES string of the molecule is CCCCCCCC[C@H]1CC[C@H](c2ccc([C@H]3CC[C@H](CCC)CC3)c(C#N)c2C#N)CC1. The van der Waals surface area contributed by atoms with Gasteiger partial charge in [-0.3, -0.25) is 0 Å². The van der Waals surface area contributed by atoms with E-state index in [0.717, 1.165) is 23.0 Å². The topological polar surface area (TPSA) is 47.6 Å². The minimum absolute atomic E-state index is 0.460. The van der Waals surface area contributed by atoms with Gasteiger partial charge >= 0.3 is 0 Å². The van der Waals surface area contributed by atoms with Crippen molar-refractivity contribution in [3.05, 3.63) is 34.4 Å². The Kier molecular flexibility index (Phi) is 10.8. The molecule has 0 atom stereocenters. The average molecular weight is 447 g/mol. The first-order valence-corrected chi connectivity index (χ1v) is 14.2. The zero-order chi connectivity index (χ0) is 23.5. The smallest absolute Gasteiger partial charge is 0.101 e. The summed E-state index contributed by atoms with van der Waals surface area (Å²) in [6.45, 7) is 4.56. The Morgan fingerprint density at radius 3 is 1.52 bits per heavy atom. The largest absolute Gasteiger partial charge is 0.192 e. The quantitative estimate of drug-likeness (QED) is 0.318. The molecule has 3 rings (SSSR count). The molecule has 1 aromatic rings. The van der Waals surface area contributed by atoms with E-state index < -0.39 is 0 Å². The van der Waals surface area contributed by atoms with Crippen molar-refractivity contribution in [2.24, 2.45) is 11.8 Å². The summed E-state index contributed by atoms with van der Waals surface area (Å²) in [7, 11) is 0. The first kappa shape index (κ1) is 25.8. The molecule has 2 aliphatic rings. The first-order valence-electron chi connectivity index (χ1n) is 14.2. The highest BCUT2D eigenvalue weighted by Gasteiger charge is 2.29. The maximum Gasteiger partial charge on any atom is 0.101 e. The number of rotatable bonds is 11. The zero-order valence-corrected chi connectivity index (χ0v) is 21.4. The maximum atomic E-state index is 10.1. The number of hydrogen-bond acceptors (Lipinski definition) is 2. The minimum atomic E-state index is 0.460. The van der Waals surface area contributed by atoms with Crippen LogP contribution in [0.15, 0.2) is 12.1 Å². The van der Waals surface area contributed by atoms with Crippen molar-refractivity contribution >= 4 is 0 Å². The molecule has 1 aromatic carbocycles. The van der Waals surface area contributed by atoms with Gasteiger partial charge in [0.05, 0.1) is 11.1 Å². The fourth-order valence-electron chi connectivity index (χ4n) is 6.70. The van der Waals surface area contributed by atoms with Crippen molar-refractivity contribution in [1.82, 2.24) is 0 Å². The maximum absolute atomic E-state index is 10.1. The van der Waals surface area contributed by atoms with Crippen molar-refractivity contribution in [2.45, 2.75) is 135 Å². The Labute approximate surface area is 203 Å². The molecule has 2 heteroatoms. The molecule has 2 saturated carbocycles. The van der Waals surface area contributed by atoms with Crippen LogP contribution in [0.3, 0.4) is 0 Å². The number of hydrogen-bond donors (Lipinski definition) is 0. The summed E-state index contributed by atoms with van der Waals surface area (Å²) in [6.07, 6.45) is 22.1. The lowest BCUT2D eigenvalue weighted by Gasteiger charge is -2.31. The van der Waals surface area contributed by atoms with E-state index in [9.17, 15) is 10.5 Å². The molecule has 0 bridgehead atoms. The van der Waals surface area contributed by atoms with Gasteiger partial charge in [-0.15, -0.1) is 0 Å². The van der Waals surface area contributed by atoms with Gasteiger partial charge in [0.2, 0.25) is 0 Å². The molecule has 33 heavy (non-hydrogen) atoms. The van der Waals surface area contributed by atoms with Crippen molar-refractivity contribution in [3.63, 3.8) is 0 Å². The average Bonchev–Trinajstić information content (AvgIpc) is 2.86. The van der Waals surface area contributed by atoms with E-state index in [2.05, 4.69) is 38.1 Å². The van der Waals surface area contributed by atoms with Crippen LogP contribution in [0.25, 0.3) is 0 Å². The second-order valence-corrected chi connectivity index (χ2v) is 11.0. The highest BCUT2D eigenvalue weighted by molar-refractivity contribution is 5.56. The van der Waals surface area contributed by atoms with Gasteiger partial charge in [0, 0.05) is 0 Å². The summed E-state index contributed by atoms with van der Waals surface area (Å²) >= 11 is 0. The predicted molar refractivity (Wildman–Crippen MR) is 138 cm³/mol. The highest BCUT2D eigenvalue weighted by atomic mass is 14.4. The van der Waals surface area contributed by atoms with Crippen molar-refractivity contribution < 1.29 is 0 Å². The molecule has 0 saturated heterocycles. The van der Waals surface area contributed by atoms with Gasteiger partial charge in [0.25, 0.3) is 0 Å². The monoisotopic (exact) mass is 446 g/mol. The van der Waals surface area contributed by atoms with Gasteiger partial charge in [-0.2, -0.15) is 10.5 Å². The van der Waals surface area contributed by atoms with E-state index in [1.807, 2.05) is 0 Å². The van der Waals surface area contributed by atoms with Crippen molar-refractivity contribution in [3.8, 4) is 12.1 Å². The van der Waals surface area contributed by atoms with Gasteiger partial charge in [-0.1, -0.05) is 83.8 Å². The van der Waals surface area contributed by atoms with E-state index in [1.54, 1.807) is 0 Å². The van der Waals surface area contributed by atoms with Crippen LogP contribution in [0.4, 0.5) is 0 Å². The van der Waals surface area contributed by atoms with Crippen LogP contribution in [0.5, 0.6) is 0 Å². The Morgan fingerprint density at radius 2 is 1.06 bits per heavy atom.